The highest BCUT2D eigenvalue weighted by Gasteiger charge is 2.13. The number of nitrogens with zero attached hydrogens (tertiary/aromatic N) is 1. The van der Waals surface area contributed by atoms with Crippen molar-refractivity contribution in [2.24, 2.45) is 5.92 Å². The number of hydrogen-bond donors (Lipinski definition) is 1. The Labute approximate surface area is 130 Å². The topological polar surface area (TPSA) is 34.0 Å². The van der Waals surface area contributed by atoms with Crippen molar-refractivity contribution in [1.29, 1.82) is 0 Å². The maximum atomic E-state index is 12.1. The average molecular weight is 294 g/mol. The monoisotopic (exact) mass is 294 g/mol. The Kier molecular flexibility index (Phi) is 3.88. The van der Waals surface area contributed by atoms with Gasteiger partial charge in [0.05, 0.1) is 0 Å². The van der Waals surface area contributed by atoms with Gasteiger partial charge in [-0.3, -0.25) is 4.79 Å². The maximum absolute atomic E-state index is 12.1. The molecular formula is C19H22N2O. The molecular weight excluding hydrogens is 272 g/mol. The molecule has 0 aliphatic heterocycles. The van der Waals surface area contributed by atoms with E-state index >= 15 is 0 Å². The summed E-state index contributed by atoms with van der Waals surface area (Å²) in [5, 5.41) is 5.46. The van der Waals surface area contributed by atoms with Gasteiger partial charge in [0.1, 0.15) is 0 Å². The van der Waals surface area contributed by atoms with E-state index in [-0.39, 0.29) is 11.8 Å². The van der Waals surface area contributed by atoms with E-state index in [9.17, 15) is 4.79 Å². The first kappa shape index (κ1) is 14.6. The lowest BCUT2D eigenvalue weighted by Gasteiger charge is -2.10. The number of carbonyl (C=O) groups is 1. The Morgan fingerprint density at radius 1 is 1.09 bits per heavy atom. The van der Waals surface area contributed by atoms with E-state index in [0.717, 1.165) is 18.7 Å². The van der Waals surface area contributed by atoms with Gasteiger partial charge >= 0.3 is 0 Å². The number of fused-ring (bicyclic) bond motifs is 3. The Morgan fingerprint density at radius 3 is 2.55 bits per heavy atom. The number of amides is 1. The molecule has 0 bridgehead atoms. The predicted molar refractivity (Wildman–Crippen MR) is 93.2 cm³/mol. The molecule has 0 aliphatic carbocycles. The number of nitrogens with one attached hydrogen (secondary N) is 1. The molecule has 3 aromatic rings. The fourth-order valence-corrected chi connectivity index (χ4v) is 2.92. The molecule has 114 valence electrons. The zero-order valence-corrected chi connectivity index (χ0v) is 13.4. The molecule has 1 amide bonds. The van der Waals surface area contributed by atoms with E-state index in [1.807, 2.05) is 19.9 Å². The standard InChI is InChI=1S/C19H22N2O/c1-4-13(3)19(22)20-14-10-11-18-16(12-14)15-8-6-7-9-17(15)21(18)5-2/h6-13H,4-5H2,1-3H3,(H,20,22). The van der Waals surface area contributed by atoms with Crippen LogP contribution in [0.1, 0.15) is 27.2 Å². The minimum atomic E-state index is 0.0349. The largest absolute Gasteiger partial charge is 0.341 e. The van der Waals surface area contributed by atoms with Crippen LogP contribution >= 0.6 is 0 Å². The molecule has 3 heteroatoms. The normalized spacial score (nSPS) is 12.7. The van der Waals surface area contributed by atoms with Crippen LogP contribution in [0.15, 0.2) is 42.5 Å². The van der Waals surface area contributed by atoms with Gasteiger partial charge in [0.15, 0.2) is 0 Å². The Hall–Kier alpha value is -2.29. The third-order valence-corrected chi connectivity index (χ3v) is 4.42. The molecule has 0 spiro atoms. The molecule has 2 aromatic carbocycles. The van der Waals surface area contributed by atoms with Gasteiger partial charge in [-0.2, -0.15) is 0 Å². The lowest BCUT2D eigenvalue weighted by Crippen LogP contribution is -2.19. The van der Waals surface area contributed by atoms with Gasteiger partial charge < -0.3 is 9.88 Å². The molecule has 1 aromatic heterocycles. The van der Waals surface area contributed by atoms with Crippen molar-refractivity contribution in [3.8, 4) is 0 Å². The van der Waals surface area contributed by atoms with Gasteiger partial charge in [-0.1, -0.05) is 32.0 Å². The number of benzene rings is 2. The van der Waals surface area contributed by atoms with E-state index in [4.69, 9.17) is 0 Å². The minimum absolute atomic E-state index is 0.0349. The van der Waals surface area contributed by atoms with Crippen molar-refractivity contribution in [2.75, 3.05) is 5.32 Å². The van der Waals surface area contributed by atoms with Crippen LogP contribution in [-0.4, -0.2) is 10.5 Å². The number of rotatable bonds is 4. The van der Waals surface area contributed by atoms with Crippen LogP contribution in [0.25, 0.3) is 21.8 Å². The summed E-state index contributed by atoms with van der Waals surface area (Å²) in [5.74, 6) is 0.119. The quantitative estimate of drug-likeness (QED) is 0.737. The zero-order chi connectivity index (χ0) is 15.7. The smallest absolute Gasteiger partial charge is 0.227 e. The molecule has 22 heavy (non-hydrogen) atoms. The van der Waals surface area contributed by atoms with Crippen LogP contribution in [0.2, 0.25) is 0 Å². The first-order valence-electron chi connectivity index (χ1n) is 7.97. The van der Waals surface area contributed by atoms with Crippen LogP contribution in [0, 0.1) is 5.92 Å². The molecule has 1 unspecified atom stereocenters. The SMILES string of the molecule is CCC(C)C(=O)Nc1ccc2c(c1)c1ccccc1n2CC. The molecule has 1 heterocycles. The maximum Gasteiger partial charge on any atom is 0.227 e. The van der Waals surface area contributed by atoms with E-state index in [2.05, 4.69) is 53.2 Å². The summed E-state index contributed by atoms with van der Waals surface area (Å²) in [6.45, 7) is 7.08. The summed E-state index contributed by atoms with van der Waals surface area (Å²) in [4.78, 5) is 12.1. The zero-order valence-electron chi connectivity index (χ0n) is 13.4. The summed E-state index contributed by atoms with van der Waals surface area (Å²) >= 11 is 0. The lowest BCUT2D eigenvalue weighted by atomic mass is 10.1. The first-order chi connectivity index (χ1) is 10.7. The number of aromatic nitrogens is 1. The van der Waals surface area contributed by atoms with Crippen LogP contribution < -0.4 is 5.32 Å². The molecule has 3 rings (SSSR count). The summed E-state index contributed by atoms with van der Waals surface area (Å²) in [5.41, 5.74) is 3.33. The summed E-state index contributed by atoms with van der Waals surface area (Å²) in [7, 11) is 0. The van der Waals surface area contributed by atoms with Crippen LogP contribution in [0.4, 0.5) is 5.69 Å². The highest BCUT2D eigenvalue weighted by Crippen LogP contribution is 2.31. The van der Waals surface area contributed by atoms with E-state index in [1.165, 1.54) is 21.8 Å². The highest BCUT2D eigenvalue weighted by atomic mass is 16.1. The molecule has 0 fully saturated rings. The number of anilines is 1. The van der Waals surface area contributed by atoms with E-state index in [1.54, 1.807) is 0 Å². The molecule has 0 saturated heterocycles. The third kappa shape index (κ3) is 2.37. The Bertz CT molecular complexity index is 832. The molecule has 1 atom stereocenters. The van der Waals surface area contributed by atoms with Crippen LogP contribution in [-0.2, 0) is 11.3 Å². The predicted octanol–water partition coefficient (Wildman–Crippen LogP) is 4.80. The first-order valence-corrected chi connectivity index (χ1v) is 7.97. The summed E-state index contributed by atoms with van der Waals surface area (Å²) in [6.07, 6.45) is 0.850. The second kappa shape index (κ2) is 5.84. The van der Waals surface area contributed by atoms with Gasteiger partial charge in [-0.05, 0) is 37.6 Å². The lowest BCUT2D eigenvalue weighted by molar-refractivity contribution is -0.119. The van der Waals surface area contributed by atoms with Crippen molar-refractivity contribution in [1.82, 2.24) is 4.57 Å². The molecule has 0 aliphatic rings. The van der Waals surface area contributed by atoms with Gasteiger partial charge in [0, 0.05) is 40.0 Å². The van der Waals surface area contributed by atoms with Crippen molar-refractivity contribution in [2.45, 2.75) is 33.7 Å². The average Bonchev–Trinajstić information content (AvgIpc) is 2.87. The number of aryl methyl sites for hydroxylation is 1. The van der Waals surface area contributed by atoms with Crippen LogP contribution in [0.5, 0.6) is 0 Å². The van der Waals surface area contributed by atoms with Gasteiger partial charge in [-0.25, -0.2) is 0 Å². The van der Waals surface area contributed by atoms with Gasteiger partial charge in [-0.15, -0.1) is 0 Å². The van der Waals surface area contributed by atoms with Gasteiger partial charge in [0.25, 0.3) is 0 Å². The summed E-state index contributed by atoms with van der Waals surface area (Å²) in [6, 6.07) is 14.6. The molecule has 1 N–H and O–H groups in total. The fourth-order valence-electron chi connectivity index (χ4n) is 2.92. The molecule has 0 radical (unpaired) electrons. The third-order valence-electron chi connectivity index (χ3n) is 4.42. The fraction of sp³-hybridized carbons (Fsp3) is 0.316. The number of carbonyl (C=O) groups excluding carboxylic acids is 1. The molecule has 0 saturated carbocycles. The Morgan fingerprint density at radius 2 is 1.82 bits per heavy atom. The van der Waals surface area contributed by atoms with E-state index in [0.29, 0.717) is 0 Å². The van der Waals surface area contributed by atoms with Crippen LogP contribution in [0.3, 0.4) is 0 Å². The minimum Gasteiger partial charge on any atom is -0.341 e. The molecule has 3 nitrogen and oxygen atoms in total. The second-order valence-electron chi connectivity index (χ2n) is 5.79. The van der Waals surface area contributed by atoms with Crippen molar-refractivity contribution >= 4 is 33.4 Å². The van der Waals surface area contributed by atoms with Gasteiger partial charge in [0.2, 0.25) is 5.91 Å². The van der Waals surface area contributed by atoms with E-state index < -0.39 is 0 Å². The van der Waals surface area contributed by atoms with Crippen molar-refractivity contribution in [3.05, 3.63) is 42.5 Å². The number of hydrogen-bond acceptors (Lipinski definition) is 1. The van der Waals surface area contributed by atoms with Crippen molar-refractivity contribution < 1.29 is 4.79 Å². The highest BCUT2D eigenvalue weighted by molar-refractivity contribution is 6.09. The Balaban J connectivity index is 2.10. The number of para-hydroxylation sites is 1. The second-order valence-corrected chi connectivity index (χ2v) is 5.79. The van der Waals surface area contributed by atoms with Crippen molar-refractivity contribution in [3.63, 3.8) is 0 Å². The summed E-state index contributed by atoms with van der Waals surface area (Å²) < 4.78 is 2.31.